The topological polar surface area (TPSA) is 3.24 Å². The molecule has 1 aliphatic rings. The van der Waals surface area contributed by atoms with Crippen molar-refractivity contribution in [3.8, 4) is 0 Å². The van der Waals surface area contributed by atoms with Gasteiger partial charge in [0, 0.05) is 0 Å². The molecule has 0 amide bonds. The van der Waals surface area contributed by atoms with E-state index in [0.29, 0.717) is 0 Å². The van der Waals surface area contributed by atoms with Crippen molar-refractivity contribution in [1.82, 2.24) is 4.90 Å². The lowest BCUT2D eigenvalue weighted by molar-refractivity contribution is 0.249. The largest absolute Gasteiger partial charge is 0.303 e. The third-order valence-electron chi connectivity index (χ3n) is 3.97. The molecular weight excluding hydrogens is 218 g/mol. The van der Waals surface area contributed by atoms with E-state index in [1.807, 2.05) is 0 Å². The molecule has 0 aromatic heterocycles. The Balaban J connectivity index is 1.68. The molecule has 0 N–H and O–H groups in total. The fourth-order valence-electron chi connectivity index (χ4n) is 2.82. The second-order valence-corrected chi connectivity index (χ2v) is 5.29. The van der Waals surface area contributed by atoms with Gasteiger partial charge in [-0.1, -0.05) is 31.2 Å². The highest BCUT2D eigenvalue weighted by Gasteiger charge is 2.09. The molecule has 1 saturated heterocycles. The Morgan fingerprint density at radius 3 is 2.44 bits per heavy atom. The minimum Gasteiger partial charge on any atom is -0.303 e. The van der Waals surface area contributed by atoms with Gasteiger partial charge in [0.15, 0.2) is 0 Å². The number of aryl methyl sites for hydroxylation is 2. The molecule has 0 saturated carbocycles. The SMILES string of the molecule is CCc1ccccc1CCCCN1CC[CH]CC1. The minimum absolute atomic E-state index is 1.16. The van der Waals surface area contributed by atoms with Crippen LogP contribution in [0.3, 0.4) is 0 Å². The summed E-state index contributed by atoms with van der Waals surface area (Å²) >= 11 is 0. The minimum atomic E-state index is 1.16. The maximum Gasteiger partial charge on any atom is -0.00160 e. The van der Waals surface area contributed by atoms with Crippen LogP contribution in [0.5, 0.6) is 0 Å². The molecule has 99 valence electrons. The van der Waals surface area contributed by atoms with Gasteiger partial charge < -0.3 is 4.90 Å². The predicted molar refractivity (Wildman–Crippen MR) is 78.7 cm³/mol. The van der Waals surface area contributed by atoms with Crippen molar-refractivity contribution in [2.45, 2.75) is 45.4 Å². The van der Waals surface area contributed by atoms with Crippen LogP contribution in [0.25, 0.3) is 0 Å². The smallest absolute Gasteiger partial charge is 0.00160 e. The number of hydrogen-bond acceptors (Lipinski definition) is 1. The molecule has 18 heavy (non-hydrogen) atoms. The number of likely N-dealkylation sites (tertiary alicyclic amines) is 1. The van der Waals surface area contributed by atoms with E-state index >= 15 is 0 Å². The summed E-state index contributed by atoms with van der Waals surface area (Å²) in [6.45, 7) is 6.11. The molecule has 1 aromatic rings. The summed E-state index contributed by atoms with van der Waals surface area (Å²) in [5.41, 5.74) is 3.09. The average Bonchev–Trinajstić information content (AvgIpc) is 2.45. The van der Waals surface area contributed by atoms with Crippen LogP contribution >= 0.6 is 0 Å². The molecule has 1 aromatic carbocycles. The van der Waals surface area contributed by atoms with Gasteiger partial charge in [-0.25, -0.2) is 0 Å². The quantitative estimate of drug-likeness (QED) is 0.687. The Labute approximate surface area is 112 Å². The number of nitrogens with zero attached hydrogens (tertiary/aromatic N) is 1. The summed E-state index contributed by atoms with van der Waals surface area (Å²) in [5.74, 6) is 0. The zero-order valence-electron chi connectivity index (χ0n) is 11.7. The summed E-state index contributed by atoms with van der Waals surface area (Å²) in [6.07, 6.45) is 10.1. The molecule has 0 spiro atoms. The van der Waals surface area contributed by atoms with Gasteiger partial charge in [-0.2, -0.15) is 0 Å². The van der Waals surface area contributed by atoms with Crippen LogP contribution in [-0.4, -0.2) is 24.5 Å². The van der Waals surface area contributed by atoms with Gasteiger partial charge in [-0.3, -0.25) is 0 Å². The predicted octanol–water partition coefficient (Wildman–Crippen LogP) is 3.87. The molecule has 1 aliphatic heterocycles. The molecule has 0 unspecified atom stereocenters. The van der Waals surface area contributed by atoms with Crippen molar-refractivity contribution in [2.24, 2.45) is 0 Å². The van der Waals surface area contributed by atoms with Gasteiger partial charge in [0.25, 0.3) is 0 Å². The van der Waals surface area contributed by atoms with Crippen molar-refractivity contribution in [3.05, 3.63) is 41.8 Å². The first kappa shape index (κ1) is 13.6. The van der Waals surface area contributed by atoms with Crippen LogP contribution in [-0.2, 0) is 12.8 Å². The van der Waals surface area contributed by atoms with Crippen molar-refractivity contribution >= 4 is 0 Å². The number of hydrogen-bond donors (Lipinski definition) is 0. The first-order valence-electron chi connectivity index (χ1n) is 7.51. The molecule has 1 radical (unpaired) electrons. The van der Waals surface area contributed by atoms with Crippen molar-refractivity contribution in [3.63, 3.8) is 0 Å². The number of rotatable bonds is 6. The van der Waals surface area contributed by atoms with Crippen molar-refractivity contribution < 1.29 is 0 Å². The van der Waals surface area contributed by atoms with E-state index < -0.39 is 0 Å². The van der Waals surface area contributed by atoms with Gasteiger partial charge in [0.05, 0.1) is 0 Å². The van der Waals surface area contributed by atoms with E-state index in [9.17, 15) is 0 Å². The Bertz CT molecular complexity index is 339. The first-order valence-corrected chi connectivity index (χ1v) is 7.51. The van der Waals surface area contributed by atoms with E-state index in [0.717, 1.165) is 6.42 Å². The molecule has 1 fully saturated rings. The molecule has 1 nitrogen and oxygen atoms in total. The zero-order valence-corrected chi connectivity index (χ0v) is 11.7. The summed E-state index contributed by atoms with van der Waals surface area (Å²) < 4.78 is 0. The van der Waals surface area contributed by atoms with Gasteiger partial charge in [-0.15, -0.1) is 0 Å². The lowest BCUT2D eigenvalue weighted by Crippen LogP contribution is -2.30. The number of unbranched alkanes of at least 4 members (excludes halogenated alkanes) is 1. The highest BCUT2D eigenvalue weighted by Crippen LogP contribution is 2.14. The monoisotopic (exact) mass is 244 g/mol. The summed E-state index contributed by atoms with van der Waals surface area (Å²) in [4.78, 5) is 2.62. The van der Waals surface area contributed by atoms with E-state index in [4.69, 9.17) is 0 Å². The maximum absolute atomic E-state index is 2.62. The Hall–Kier alpha value is -0.820. The first-order chi connectivity index (χ1) is 8.90. The van der Waals surface area contributed by atoms with Crippen LogP contribution in [0.4, 0.5) is 0 Å². The molecule has 2 rings (SSSR count). The van der Waals surface area contributed by atoms with E-state index in [1.54, 1.807) is 5.56 Å². The van der Waals surface area contributed by atoms with E-state index in [2.05, 4.69) is 42.5 Å². The summed E-state index contributed by atoms with van der Waals surface area (Å²) in [7, 11) is 0. The number of piperidine rings is 1. The van der Waals surface area contributed by atoms with Crippen LogP contribution in [0.1, 0.15) is 43.7 Å². The molecule has 0 aliphatic carbocycles. The third kappa shape index (κ3) is 4.13. The van der Waals surface area contributed by atoms with Crippen molar-refractivity contribution in [1.29, 1.82) is 0 Å². The van der Waals surface area contributed by atoms with Crippen LogP contribution in [0.2, 0.25) is 0 Å². The number of benzene rings is 1. The lowest BCUT2D eigenvalue weighted by atomic mass is 10.00. The van der Waals surface area contributed by atoms with Crippen LogP contribution < -0.4 is 0 Å². The normalized spacial score (nSPS) is 16.9. The second-order valence-electron chi connectivity index (χ2n) is 5.29. The highest BCUT2D eigenvalue weighted by atomic mass is 15.1. The molecule has 0 atom stereocenters. The Morgan fingerprint density at radius 1 is 1.00 bits per heavy atom. The van der Waals surface area contributed by atoms with Crippen molar-refractivity contribution in [2.75, 3.05) is 19.6 Å². The standard InChI is InChI=1S/C17H26N/c1-2-16-10-4-5-11-17(16)12-6-9-15-18-13-7-3-8-14-18/h3-5,10-11H,2,6-9,12-15H2,1H3. The molecular formula is C17H26N. The van der Waals surface area contributed by atoms with Crippen LogP contribution in [0.15, 0.2) is 24.3 Å². The zero-order chi connectivity index (χ0) is 12.6. The second kappa shape index (κ2) is 7.58. The fourth-order valence-corrected chi connectivity index (χ4v) is 2.82. The molecule has 1 heterocycles. The summed E-state index contributed by atoms with van der Waals surface area (Å²) in [5, 5.41) is 0. The van der Waals surface area contributed by atoms with Gasteiger partial charge in [0.2, 0.25) is 0 Å². The van der Waals surface area contributed by atoms with Gasteiger partial charge >= 0.3 is 0 Å². The summed E-state index contributed by atoms with van der Waals surface area (Å²) in [6, 6.07) is 8.91. The van der Waals surface area contributed by atoms with E-state index in [1.165, 1.54) is 57.3 Å². The van der Waals surface area contributed by atoms with Crippen LogP contribution in [0, 0.1) is 6.42 Å². The highest BCUT2D eigenvalue weighted by molar-refractivity contribution is 5.26. The maximum atomic E-state index is 2.62. The molecule has 1 heteroatoms. The van der Waals surface area contributed by atoms with Gasteiger partial charge in [-0.05, 0) is 75.7 Å². The third-order valence-corrected chi connectivity index (χ3v) is 3.97. The fraction of sp³-hybridized carbons (Fsp3) is 0.588. The average molecular weight is 244 g/mol. The Kier molecular flexibility index (Phi) is 5.73. The van der Waals surface area contributed by atoms with Gasteiger partial charge in [0.1, 0.15) is 0 Å². The Morgan fingerprint density at radius 2 is 1.72 bits per heavy atom. The van der Waals surface area contributed by atoms with E-state index in [-0.39, 0.29) is 0 Å². The lowest BCUT2D eigenvalue weighted by Gasteiger charge is -2.26. The molecule has 0 bridgehead atoms.